The van der Waals surface area contributed by atoms with Gasteiger partial charge in [-0.3, -0.25) is 4.68 Å². The van der Waals surface area contributed by atoms with E-state index < -0.39 is 0 Å². The first-order valence-corrected chi connectivity index (χ1v) is 6.81. The van der Waals surface area contributed by atoms with Crippen LogP contribution < -0.4 is 5.32 Å². The first-order chi connectivity index (χ1) is 10.1. The van der Waals surface area contributed by atoms with Crippen molar-refractivity contribution in [1.82, 2.24) is 24.5 Å². The van der Waals surface area contributed by atoms with E-state index in [1.165, 1.54) is 5.56 Å². The molecule has 21 heavy (non-hydrogen) atoms. The van der Waals surface area contributed by atoms with Gasteiger partial charge in [-0.25, -0.2) is 0 Å². The topological polar surface area (TPSA) is 60.6 Å². The second kappa shape index (κ2) is 5.40. The SMILES string of the molecule is Cc1nn(C)cc1CNc1ccccc1-c1nncn1C. The minimum absolute atomic E-state index is 0.731. The monoisotopic (exact) mass is 282 g/mol. The van der Waals surface area contributed by atoms with Crippen LogP contribution >= 0.6 is 0 Å². The zero-order chi connectivity index (χ0) is 14.8. The number of nitrogens with zero attached hydrogens (tertiary/aromatic N) is 5. The van der Waals surface area contributed by atoms with E-state index in [2.05, 4.69) is 26.7 Å². The van der Waals surface area contributed by atoms with Gasteiger partial charge >= 0.3 is 0 Å². The summed E-state index contributed by atoms with van der Waals surface area (Å²) in [5.74, 6) is 0.848. The largest absolute Gasteiger partial charge is 0.380 e. The van der Waals surface area contributed by atoms with Crippen LogP contribution in [0.3, 0.4) is 0 Å². The molecule has 6 nitrogen and oxygen atoms in total. The van der Waals surface area contributed by atoms with Crippen LogP contribution in [0.2, 0.25) is 0 Å². The number of nitrogens with one attached hydrogen (secondary N) is 1. The van der Waals surface area contributed by atoms with Crippen LogP contribution in [0.5, 0.6) is 0 Å². The van der Waals surface area contributed by atoms with Gasteiger partial charge in [0.15, 0.2) is 5.82 Å². The van der Waals surface area contributed by atoms with Crippen LogP contribution in [0.25, 0.3) is 11.4 Å². The van der Waals surface area contributed by atoms with Crippen LogP contribution in [-0.4, -0.2) is 24.5 Å². The molecule has 0 amide bonds. The van der Waals surface area contributed by atoms with Gasteiger partial charge in [-0.2, -0.15) is 5.10 Å². The Hall–Kier alpha value is -2.63. The number of para-hydroxylation sites is 1. The molecule has 0 saturated carbocycles. The zero-order valence-corrected chi connectivity index (χ0v) is 12.4. The van der Waals surface area contributed by atoms with Gasteiger partial charge in [-0.15, -0.1) is 10.2 Å². The van der Waals surface area contributed by atoms with E-state index in [4.69, 9.17) is 0 Å². The lowest BCUT2D eigenvalue weighted by atomic mass is 10.1. The van der Waals surface area contributed by atoms with Gasteiger partial charge in [-0.1, -0.05) is 12.1 Å². The average molecular weight is 282 g/mol. The standard InChI is InChI=1S/C15H18N6/c1-11-12(9-21(3)19-11)8-16-14-7-5-4-6-13(14)15-18-17-10-20(15)2/h4-7,9-10,16H,8H2,1-3H3. The molecular weight excluding hydrogens is 264 g/mol. The van der Waals surface area contributed by atoms with E-state index >= 15 is 0 Å². The van der Waals surface area contributed by atoms with Crippen molar-refractivity contribution in [1.29, 1.82) is 0 Å². The normalized spacial score (nSPS) is 10.8. The van der Waals surface area contributed by atoms with Crippen LogP contribution in [-0.2, 0) is 20.6 Å². The molecule has 0 aliphatic carbocycles. The van der Waals surface area contributed by atoms with Gasteiger partial charge in [0.2, 0.25) is 0 Å². The average Bonchev–Trinajstić information content (AvgIpc) is 3.02. The number of hydrogen-bond acceptors (Lipinski definition) is 4. The molecule has 2 aromatic heterocycles. The molecule has 3 rings (SSSR count). The Balaban J connectivity index is 1.86. The lowest BCUT2D eigenvalue weighted by molar-refractivity contribution is 0.756. The molecule has 0 fully saturated rings. The van der Waals surface area contributed by atoms with Gasteiger partial charge in [-0.05, 0) is 19.1 Å². The van der Waals surface area contributed by atoms with Crippen LogP contribution in [0.15, 0.2) is 36.8 Å². The summed E-state index contributed by atoms with van der Waals surface area (Å²) < 4.78 is 3.75. The van der Waals surface area contributed by atoms with Crippen molar-refractivity contribution in [3.05, 3.63) is 48.0 Å². The van der Waals surface area contributed by atoms with Crippen LogP contribution in [0.1, 0.15) is 11.3 Å². The van der Waals surface area contributed by atoms with E-state index in [9.17, 15) is 0 Å². The molecule has 0 spiro atoms. The summed E-state index contributed by atoms with van der Waals surface area (Å²) in [6, 6.07) is 8.11. The number of benzene rings is 1. The molecule has 0 saturated heterocycles. The minimum atomic E-state index is 0.731. The summed E-state index contributed by atoms with van der Waals surface area (Å²) in [6.45, 7) is 2.75. The predicted molar refractivity (Wildman–Crippen MR) is 81.7 cm³/mol. The van der Waals surface area contributed by atoms with Gasteiger partial charge in [0, 0.05) is 43.7 Å². The molecule has 2 heterocycles. The Morgan fingerprint density at radius 2 is 2.00 bits per heavy atom. The molecule has 0 bridgehead atoms. The van der Waals surface area contributed by atoms with Crippen molar-refractivity contribution >= 4 is 5.69 Å². The highest BCUT2D eigenvalue weighted by atomic mass is 15.3. The molecule has 0 atom stereocenters. The Kier molecular flexibility index (Phi) is 3.43. The predicted octanol–water partition coefficient (Wildman–Crippen LogP) is 2.14. The van der Waals surface area contributed by atoms with Crippen LogP contribution in [0, 0.1) is 6.92 Å². The van der Waals surface area contributed by atoms with E-state index in [-0.39, 0.29) is 0 Å². The molecule has 0 aliphatic rings. The van der Waals surface area contributed by atoms with Crippen molar-refractivity contribution in [3.8, 4) is 11.4 Å². The molecule has 108 valence electrons. The fourth-order valence-corrected chi connectivity index (χ4v) is 2.37. The maximum Gasteiger partial charge on any atom is 0.165 e. The van der Waals surface area contributed by atoms with E-state index in [1.54, 1.807) is 6.33 Å². The molecule has 1 aromatic carbocycles. The Morgan fingerprint density at radius 3 is 2.67 bits per heavy atom. The highest BCUT2D eigenvalue weighted by Gasteiger charge is 2.10. The summed E-state index contributed by atoms with van der Waals surface area (Å²) in [5, 5.41) is 16.0. The van der Waals surface area contributed by atoms with E-state index in [1.807, 2.05) is 54.7 Å². The first-order valence-electron chi connectivity index (χ1n) is 6.81. The van der Waals surface area contributed by atoms with Gasteiger partial charge in [0.25, 0.3) is 0 Å². The summed E-state index contributed by atoms with van der Waals surface area (Å²) >= 11 is 0. The van der Waals surface area contributed by atoms with Crippen LogP contribution in [0.4, 0.5) is 5.69 Å². The number of aromatic nitrogens is 5. The summed E-state index contributed by atoms with van der Waals surface area (Å²) in [5.41, 5.74) is 4.31. The third-order valence-corrected chi connectivity index (χ3v) is 3.46. The van der Waals surface area contributed by atoms with Crippen molar-refractivity contribution in [2.24, 2.45) is 14.1 Å². The lowest BCUT2D eigenvalue weighted by Gasteiger charge is -2.11. The molecular formula is C15H18N6. The van der Waals surface area contributed by atoms with Crippen molar-refractivity contribution in [2.45, 2.75) is 13.5 Å². The fourth-order valence-electron chi connectivity index (χ4n) is 2.37. The quantitative estimate of drug-likeness (QED) is 0.796. The second-order valence-electron chi connectivity index (χ2n) is 5.08. The number of aryl methyl sites for hydroxylation is 3. The Labute approximate surface area is 123 Å². The van der Waals surface area contributed by atoms with Crippen molar-refractivity contribution in [3.63, 3.8) is 0 Å². The molecule has 1 N–H and O–H groups in total. The number of hydrogen-bond donors (Lipinski definition) is 1. The lowest BCUT2D eigenvalue weighted by Crippen LogP contribution is -2.03. The van der Waals surface area contributed by atoms with E-state index in [0.29, 0.717) is 0 Å². The Morgan fingerprint density at radius 1 is 1.19 bits per heavy atom. The van der Waals surface area contributed by atoms with Crippen molar-refractivity contribution < 1.29 is 0 Å². The molecule has 3 aromatic rings. The smallest absolute Gasteiger partial charge is 0.165 e. The Bertz CT molecular complexity index is 755. The number of rotatable bonds is 4. The highest BCUT2D eigenvalue weighted by Crippen LogP contribution is 2.26. The van der Waals surface area contributed by atoms with Crippen molar-refractivity contribution in [2.75, 3.05) is 5.32 Å². The number of anilines is 1. The third kappa shape index (κ3) is 2.65. The maximum absolute atomic E-state index is 4.36. The highest BCUT2D eigenvalue weighted by molar-refractivity contribution is 5.73. The van der Waals surface area contributed by atoms with Gasteiger partial charge in [0.1, 0.15) is 6.33 Å². The van der Waals surface area contributed by atoms with Gasteiger partial charge < -0.3 is 9.88 Å². The molecule has 6 heteroatoms. The third-order valence-electron chi connectivity index (χ3n) is 3.46. The van der Waals surface area contributed by atoms with E-state index in [0.717, 1.165) is 29.3 Å². The molecule has 0 unspecified atom stereocenters. The second-order valence-corrected chi connectivity index (χ2v) is 5.08. The summed E-state index contributed by atoms with van der Waals surface area (Å²) in [7, 11) is 3.88. The minimum Gasteiger partial charge on any atom is -0.380 e. The molecule has 0 radical (unpaired) electrons. The maximum atomic E-state index is 4.36. The zero-order valence-electron chi connectivity index (χ0n) is 12.4. The summed E-state index contributed by atoms with van der Waals surface area (Å²) in [6.07, 6.45) is 3.74. The van der Waals surface area contributed by atoms with Gasteiger partial charge in [0.05, 0.1) is 5.69 Å². The fraction of sp³-hybridized carbons (Fsp3) is 0.267. The summed E-state index contributed by atoms with van der Waals surface area (Å²) in [4.78, 5) is 0. The first kappa shape index (κ1) is 13.4. The molecule has 0 aliphatic heterocycles.